The number of benzene rings is 2. The summed E-state index contributed by atoms with van der Waals surface area (Å²) in [7, 11) is 0. The molecule has 4 aromatic rings. The first-order valence-corrected chi connectivity index (χ1v) is 10.9. The van der Waals surface area contributed by atoms with Crippen LogP contribution >= 0.6 is 0 Å². The lowest BCUT2D eigenvalue weighted by Gasteiger charge is -2.36. The van der Waals surface area contributed by atoms with E-state index in [1.54, 1.807) is 25.1 Å². The molecule has 0 fully saturated rings. The Balaban J connectivity index is 1.86. The van der Waals surface area contributed by atoms with E-state index in [1.807, 2.05) is 13.0 Å². The number of hydrogen-bond donors (Lipinski definition) is 3. The predicted molar refractivity (Wildman–Crippen MR) is 127 cm³/mol. The van der Waals surface area contributed by atoms with Crippen molar-refractivity contribution in [2.45, 2.75) is 32.2 Å². The molecule has 0 aliphatic carbocycles. The number of halogens is 2. The number of nitrogen functional groups attached to an aromatic ring is 2. The molecule has 2 aromatic heterocycles. The molecule has 0 unspecified atom stereocenters. The number of nitrogens with two attached hydrogens (primary N) is 2. The first kappa shape index (κ1) is 22.2. The lowest BCUT2D eigenvalue weighted by molar-refractivity contribution is 0.469. The number of nitrogens with one attached hydrogen (secondary N) is 1. The van der Waals surface area contributed by atoms with Gasteiger partial charge < -0.3 is 16.8 Å². The van der Waals surface area contributed by atoms with Crippen LogP contribution in [0.3, 0.4) is 0 Å². The number of aryl methyl sites for hydroxylation is 1. The van der Waals surface area contributed by atoms with Gasteiger partial charge in [0, 0.05) is 17.5 Å². The molecular formula is C24H20F2N8O. The zero-order valence-electron chi connectivity index (χ0n) is 18.8. The molecule has 0 saturated carbocycles. The number of fused-ring (bicyclic) bond motifs is 4. The van der Waals surface area contributed by atoms with Crippen LogP contribution in [0.4, 0.5) is 26.4 Å². The fraction of sp³-hybridized carbons (Fsp3) is 0.208. The van der Waals surface area contributed by atoms with Crippen molar-refractivity contribution in [3.8, 4) is 11.8 Å². The molecule has 2 aromatic carbocycles. The minimum absolute atomic E-state index is 0.0251. The van der Waals surface area contributed by atoms with E-state index < -0.39 is 29.2 Å². The molecule has 1 aliphatic heterocycles. The highest BCUT2D eigenvalue weighted by molar-refractivity contribution is 5.82. The second-order valence-corrected chi connectivity index (χ2v) is 8.34. The number of anilines is 3. The number of hydrogen-bond acceptors (Lipinski definition) is 8. The molecule has 0 bridgehead atoms. The van der Waals surface area contributed by atoms with Gasteiger partial charge in [-0.2, -0.15) is 15.2 Å². The van der Waals surface area contributed by atoms with Crippen molar-refractivity contribution in [1.29, 1.82) is 5.26 Å². The Morgan fingerprint density at radius 1 is 1.20 bits per heavy atom. The molecule has 9 nitrogen and oxygen atoms in total. The van der Waals surface area contributed by atoms with Gasteiger partial charge in [-0.1, -0.05) is 19.1 Å². The summed E-state index contributed by atoms with van der Waals surface area (Å²) in [4.78, 5) is 26.4. The van der Waals surface area contributed by atoms with Crippen LogP contribution in [0, 0.1) is 29.9 Å². The van der Waals surface area contributed by atoms with E-state index in [-0.39, 0.29) is 40.2 Å². The molecule has 0 spiro atoms. The van der Waals surface area contributed by atoms with Gasteiger partial charge in [-0.05, 0) is 31.0 Å². The quantitative estimate of drug-likeness (QED) is 0.409. The van der Waals surface area contributed by atoms with E-state index in [9.17, 15) is 14.4 Å². The molecular weight excluding hydrogens is 454 g/mol. The maximum Gasteiger partial charge on any atom is 0.266 e. The Bertz CT molecular complexity index is 1630. The average Bonchev–Trinajstić information content (AvgIpc) is 2.79. The van der Waals surface area contributed by atoms with Crippen molar-refractivity contribution in [3.05, 3.63) is 74.8 Å². The molecule has 3 heterocycles. The molecule has 5 rings (SSSR count). The number of nitrogens with zero attached hydrogens (tertiary/aromatic N) is 5. The van der Waals surface area contributed by atoms with Crippen molar-refractivity contribution in [1.82, 2.24) is 19.5 Å². The molecule has 176 valence electrons. The van der Waals surface area contributed by atoms with Gasteiger partial charge in [0.1, 0.15) is 34.9 Å². The lowest BCUT2D eigenvalue weighted by Crippen LogP contribution is -2.37. The maximum absolute atomic E-state index is 15.3. The van der Waals surface area contributed by atoms with Crippen LogP contribution < -0.4 is 22.3 Å². The van der Waals surface area contributed by atoms with Crippen molar-refractivity contribution in [2.75, 3.05) is 16.8 Å². The monoisotopic (exact) mass is 474 g/mol. The third kappa shape index (κ3) is 3.33. The Labute approximate surface area is 198 Å². The molecule has 0 saturated heterocycles. The van der Waals surface area contributed by atoms with Crippen LogP contribution in [0.15, 0.2) is 35.1 Å². The van der Waals surface area contributed by atoms with Gasteiger partial charge in [0.2, 0.25) is 5.95 Å². The van der Waals surface area contributed by atoms with Crippen LogP contribution in [-0.4, -0.2) is 19.5 Å². The highest BCUT2D eigenvalue weighted by Gasteiger charge is 2.38. The number of aromatic nitrogens is 4. The Hall–Kier alpha value is -4.59. The van der Waals surface area contributed by atoms with E-state index in [0.29, 0.717) is 22.9 Å². The molecule has 1 aliphatic rings. The second-order valence-electron chi connectivity index (χ2n) is 8.34. The normalized spacial score (nSPS) is 16.4. The third-order valence-electron chi connectivity index (χ3n) is 6.29. The largest absolute Gasteiger partial charge is 0.382 e. The van der Waals surface area contributed by atoms with Gasteiger partial charge in [0.05, 0.1) is 22.6 Å². The summed E-state index contributed by atoms with van der Waals surface area (Å²) in [6, 6.07) is 8.28. The van der Waals surface area contributed by atoms with E-state index >= 15 is 4.39 Å². The van der Waals surface area contributed by atoms with E-state index in [4.69, 9.17) is 16.5 Å². The van der Waals surface area contributed by atoms with Crippen molar-refractivity contribution in [3.63, 3.8) is 0 Å². The predicted octanol–water partition coefficient (Wildman–Crippen LogP) is 3.46. The minimum atomic E-state index is -0.828. The fourth-order valence-corrected chi connectivity index (χ4v) is 4.79. The van der Waals surface area contributed by atoms with Crippen molar-refractivity contribution in [2.24, 2.45) is 0 Å². The van der Waals surface area contributed by atoms with Crippen LogP contribution in [0.1, 0.15) is 47.8 Å². The summed E-state index contributed by atoms with van der Waals surface area (Å²) in [5.74, 6) is -2.24. The smallest absolute Gasteiger partial charge is 0.266 e. The standard InChI is InChI=1S/C24H20F2N8O/c1-3-12-18-14(26)7-11(25)8-16(18)34-22(30-15-6-4-5-10(2)17(15)23(34)35)19(12)31-21-13(9-27)20(28)32-24(29)33-21/h4-8,12,19H,3H2,1-2H3,(H5,28,29,31,32,33)/t12-,19-/m1/s1. The van der Waals surface area contributed by atoms with Crippen molar-refractivity contribution < 1.29 is 8.78 Å². The van der Waals surface area contributed by atoms with Crippen LogP contribution in [-0.2, 0) is 0 Å². The average molecular weight is 474 g/mol. The molecule has 35 heavy (non-hydrogen) atoms. The van der Waals surface area contributed by atoms with Gasteiger partial charge in [0.15, 0.2) is 5.82 Å². The molecule has 11 heteroatoms. The van der Waals surface area contributed by atoms with Gasteiger partial charge in [-0.25, -0.2) is 13.8 Å². The highest BCUT2D eigenvalue weighted by Crippen LogP contribution is 2.44. The van der Waals surface area contributed by atoms with Crippen LogP contribution in [0.2, 0.25) is 0 Å². The maximum atomic E-state index is 15.3. The van der Waals surface area contributed by atoms with E-state index in [1.165, 1.54) is 4.57 Å². The third-order valence-corrected chi connectivity index (χ3v) is 6.29. The Kier molecular flexibility index (Phi) is 5.09. The summed E-state index contributed by atoms with van der Waals surface area (Å²) in [6.45, 7) is 3.60. The van der Waals surface area contributed by atoms with Gasteiger partial charge in [-0.3, -0.25) is 9.36 Å². The lowest BCUT2D eigenvalue weighted by atomic mass is 9.83. The summed E-state index contributed by atoms with van der Waals surface area (Å²) < 4.78 is 30.8. The van der Waals surface area contributed by atoms with Crippen LogP contribution in [0.25, 0.3) is 16.6 Å². The van der Waals surface area contributed by atoms with Gasteiger partial charge in [-0.15, -0.1) is 0 Å². The topological polar surface area (TPSA) is 149 Å². The van der Waals surface area contributed by atoms with E-state index in [2.05, 4.69) is 15.3 Å². The highest BCUT2D eigenvalue weighted by atomic mass is 19.1. The fourth-order valence-electron chi connectivity index (χ4n) is 4.79. The summed E-state index contributed by atoms with van der Waals surface area (Å²) in [5.41, 5.74) is 12.5. The van der Waals surface area contributed by atoms with Gasteiger partial charge in [0.25, 0.3) is 5.56 Å². The first-order valence-electron chi connectivity index (χ1n) is 10.9. The number of rotatable bonds is 3. The van der Waals surface area contributed by atoms with Crippen LogP contribution in [0.5, 0.6) is 0 Å². The molecule has 2 atom stereocenters. The molecule has 0 amide bonds. The Morgan fingerprint density at radius 2 is 1.97 bits per heavy atom. The first-order chi connectivity index (χ1) is 16.7. The summed E-state index contributed by atoms with van der Waals surface area (Å²) in [5, 5.41) is 13.1. The summed E-state index contributed by atoms with van der Waals surface area (Å²) >= 11 is 0. The molecule has 5 N–H and O–H groups in total. The van der Waals surface area contributed by atoms with E-state index in [0.717, 1.165) is 12.1 Å². The van der Waals surface area contributed by atoms with Crippen molar-refractivity contribution >= 4 is 28.5 Å². The van der Waals surface area contributed by atoms with Gasteiger partial charge >= 0.3 is 0 Å². The second kappa shape index (κ2) is 8.02. The SMILES string of the molecule is CC[C@@H]1c2c(F)cc(F)cc2-n2c(nc3cccc(C)c3c2=O)[C@@H]1Nc1nc(N)nc(N)c1C#N. The Morgan fingerprint density at radius 3 is 2.69 bits per heavy atom. The zero-order chi connectivity index (χ0) is 25.0. The minimum Gasteiger partial charge on any atom is -0.382 e. The zero-order valence-corrected chi connectivity index (χ0v) is 18.8. The number of nitriles is 1. The molecule has 0 radical (unpaired) electrons. The summed E-state index contributed by atoms with van der Waals surface area (Å²) in [6.07, 6.45) is 0.396.